The van der Waals surface area contributed by atoms with E-state index in [1.54, 1.807) is 0 Å². The van der Waals surface area contributed by atoms with E-state index in [1.807, 2.05) is 13.0 Å². The lowest BCUT2D eigenvalue weighted by atomic mass is 9.64. The van der Waals surface area contributed by atoms with Crippen molar-refractivity contribution in [2.75, 3.05) is 0 Å². The Balaban J connectivity index is 1.82. The Bertz CT molecular complexity index is 608. The lowest BCUT2D eigenvalue weighted by Gasteiger charge is -2.41. The first-order valence-electron chi connectivity index (χ1n) is 7.45. The molecule has 0 saturated carbocycles. The van der Waals surface area contributed by atoms with E-state index >= 15 is 0 Å². The molecule has 0 radical (unpaired) electrons. The van der Waals surface area contributed by atoms with Crippen molar-refractivity contribution >= 4 is 11.8 Å². The van der Waals surface area contributed by atoms with Gasteiger partial charge < -0.3 is 4.74 Å². The summed E-state index contributed by atoms with van der Waals surface area (Å²) in [6.07, 6.45) is 10.0. The van der Waals surface area contributed by atoms with E-state index in [-0.39, 0.29) is 17.7 Å². The van der Waals surface area contributed by atoms with Crippen molar-refractivity contribution in [3.8, 4) is 0 Å². The van der Waals surface area contributed by atoms with E-state index in [0.29, 0.717) is 18.8 Å². The maximum atomic E-state index is 11.7. The average molecular weight is 270 g/mol. The van der Waals surface area contributed by atoms with Gasteiger partial charge in [0.05, 0.1) is 6.42 Å². The highest BCUT2D eigenvalue weighted by Gasteiger charge is 2.51. The van der Waals surface area contributed by atoms with Gasteiger partial charge in [-0.3, -0.25) is 9.59 Å². The molecule has 3 aliphatic carbocycles. The van der Waals surface area contributed by atoms with Crippen molar-refractivity contribution in [2.24, 2.45) is 11.8 Å². The third kappa shape index (κ3) is 1.58. The summed E-state index contributed by atoms with van der Waals surface area (Å²) >= 11 is 0. The van der Waals surface area contributed by atoms with Crippen LogP contribution < -0.4 is 0 Å². The highest BCUT2D eigenvalue weighted by Crippen LogP contribution is 2.52. The van der Waals surface area contributed by atoms with Crippen LogP contribution in [-0.4, -0.2) is 17.4 Å². The predicted molar refractivity (Wildman–Crippen MR) is 73.8 cm³/mol. The molecule has 0 amide bonds. The number of allylic oxidation sites excluding steroid dienone is 5. The molecule has 2 unspecified atom stereocenters. The summed E-state index contributed by atoms with van der Waals surface area (Å²) in [6.45, 7) is 2.02. The number of rotatable bonds is 0. The Morgan fingerprint density at radius 3 is 2.95 bits per heavy atom. The molecule has 104 valence electrons. The summed E-state index contributed by atoms with van der Waals surface area (Å²) in [5.74, 6) is 0.860. The molecule has 3 atom stereocenters. The fourth-order valence-corrected chi connectivity index (χ4v) is 4.35. The molecule has 0 bridgehead atoms. The van der Waals surface area contributed by atoms with Gasteiger partial charge in [-0.2, -0.15) is 0 Å². The maximum Gasteiger partial charge on any atom is 0.307 e. The minimum atomic E-state index is -0.419. The van der Waals surface area contributed by atoms with Crippen LogP contribution in [0, 0.1) is 11.8 Å². The molecule has 3 nitrogen and oxygen atoms in total. The standard InChI is InChI=1S/C17H18O3/c1-17-7-6-13-12-5-3-11(18)8-10(12)2-4-14(13)15(17)9-16(19)20-17/h6-8,14-15H,2-5,9H2,1H3/t14?,15?,17-/m1/s1. The summed E-state index contributed by atoms with van der Waals surface area (Å²) in [5.41, 5.74) is 3.53. The highest BCUT2D eigenvalue weighted by molar-refractivity contribution is 5.93. The Hall–Kier alpha value is -1.64. The molecule has 0 aromatic rings. The van der Waals surface area contributed by atoms with Gasteiger partial charge in [0.25, 0.3) is 0 Å². The van der Waals surface area contributed by atoms with E-state index < -0.39 is 5.60 Å². The third-order valence-electron chi connectivity index (χ3n) is 5.35. The topological polar surface area (TPSA) is 43.4 Å². The first kappa shape index (κ1) is 12.1. The molecule has 1 fully saturated rings. The Labute approximate surface area is 118 Å². The quantitative estimate of drug-likeness (QED) is 0.636. The van der Waals surface area contributed by atoms with Gasteiger partial charge in [0.2, 0.25) is 0 Å². The van der Waals surface area contributed by atoms with Crippen LogP contribution in [0.2, 0.25) is 0 Å². The molecule has 0 N–H and O–H groups in total. The van der Waals surface area contributed by atoms with Crippen molar-refractivity contribution in [3.05, 3.63) is 34.9 Å². The van der Waals surface area contributed by atoms with Gasteiger partial charge in [-0.05, 0) is 61.0 Å². The number of carbonyl (C=O) groups is 2. The van der Waals surface area contributed by atoms with Crippen molar-refractivity contribution < 1.29 is 14.3 Å². The third-order valence-corrected chi connectivity index (χ3v) is 5.35. The van der Waals surface area contributed by atoms with Gasteiger partial charge in [0.1, 0.15) is 5.60 Å². The zero-order valence-electron chi connectivity index (χ0n) is 11.6. The van der Waals surface area contributed by atoms with Gasteiger partial charge in [-0.25, -0.2) is 0 Å². The molecule has 0 aromatic carbocycles. The van der Waals surface area contributed by atoms with Crippen LogP contribution in [-0.2, 0) is 14.3 Å². The fourth-order valence-electron chi connectivity index (χ4n) is 4.35. The summed E-state index contributed by atoms with van der Waals surface area (Å²) < 4.78 is 5.54. The number of carbonyl (C=O) groups excluding carboxylic acids is 2. The largest absolute Gasteiger partial charge is 0.455 e. The number of fused-ring (bicyclic) bond motifs is 4. The van der Waals surface area contributed by atoms with Gasteiger partial charge in [0.15, 0.2) is 5.78 Å². The lowest BCUT2D eigenvalue weighted by Crippen LogP contribution is -2.39. The number of ketones is 1. The Morgan fingerprint density at radius 1 is 1.25 bits per heavy atom. The number of ether oxygens (including phenoxy) is 1. The first-order valence-corrected chi connectivity index (χ1v) is 7.45. The summed E-state index contributed by atoms with van der Waals surface area (Å²) in [4.78, 5) is 23.3. The number of hydrogen-bond acceptors (Lipinski definition) is 3. The van der Waals surface area contributed by atoms with Crippen LogP contribution >= 0.6 is 0 Å². The molecule has 3 heteroatoms. The molecule has 20 heavy (non-hydrogen) atoms. The minimum absolute atomic E-state index is 0.0754. The molecule has 4 rings (SSSR count). The monoisotopic (exact) mass is 270 g/mol. The maximum absolute atomic E-state index is 11.7. The van der Waals surface area contributed by atoms with Crippen LogP contribution in [0.3, 0.4) is 0 Å². The van der Waals surface area contributed by atoms with Crippen molar-refractivity contribution in [1.29, 1.82) is 0 Å². The smallest absolute Gasteiger partial charge is 0.307 e. The van der Waals surface area contributed by atoms with Crippen LogP contribution in [0.15, 0.2) is 34.9 Å². The number of esters is 1. The van der Waals surface area contributed by atoms with Crippen LogP contribution in [0.1, 0.15) is 39.0 Å². The summed E-state index contributed by atoms with van der Waals surface area (Å²) in [5, 5.41) is 0. The van der Waals surface area contributed by atoms with Gasteiger partial charge in [-0.1, -0.05) is 6.08 Å². The fraction of sp³-hybridized carbons (Fsp3) is 0.529. The molecule has 1 saturated heterocycles. The second-order valence-corrected chi connectivity index (χ2v) is 6.52. The van der Waals surface area contributed by atoms with E-state index in [4.69, 9.17) is 4.74 Å². The minimum Gasteiger partial charge on any atom is -0.455 e. The predicted octanol–water partition coefficient (Wildman–Crippen LogP) is 2.87. The van der Waals surface area contributed by atoms with Crippen molar-refractivity contribution in [2.45, 2.75) is 44.6 Å². The van der Waals surface area contributed by atoms with E-state index in [2.05, 4.69) is 12.2 Å². The Kier molecular flexibility index (Phi) is 2.39. The van der Waals surface area contributed by atoms with E-state index in [1.165, 1.54) is 16.7 Å². The van der Waals surface area contributed by atoms with Crippen molar-refractivity contribution in [1.82, 2.24) is 0 Å². The number of hydrogen-bond donors (Lipinski definition) is 0. The zero-order chi connectivity index (χ0) is 13.9. The van der Waals surface area contributed by atoms with E-state index in [0.717, 1.165) is 19.3 Å². The lowest BCUT2D eigenvalue weighted by molar-refractivity contribution is -0.145. The molecule has 0 spiro atoms. The van der Waals surface area contributed by atoms with E-state index in [9.17, 15) is 9.59 Å². The first-order chi connectivity index (χ1) is 9.57. The normalized spacial score (nSPS) is 39.0. The summed E-state index contributed by atoms with van der Waals surface area (Å²) in [7, 11) is 0. The zero-order valence-corrected chi connectivity index (χ0v) is 11.6. The highest BCUT2D eigenvalue weighted by atomic mass is 16.6. The van der Waals surface area contributed by atoms with Gasteiger partial charge in [-0.15, -0.1) is 0 Å². The molecule has 0 aromatic heterocycles. The molecule has 4 aliphatic rings. The Morgan fingerprint density at radius 2 is 2.10 bits per heavy atom. The second kappa shape index (κ2) is 3.94. The van der Waals surface area contributed by atoms with Crippen molar-refractivity contribution in [3.63, 3.8) is 0 Å². The van der Waals surface area contributed by atoms with Crippen LogP contribution in [0.4, 0.5) is 0 Å². The molecular weight excluding hydrogens is 252 g/mol. The SMILES string of the molecule is C[C@@]12C=CC3=C4CCC(=O)C=C4CCC3C1CC(=O)O2. The van der Waals surface area contributed by atoms with Gasteiger partial charge >= 0.3 is 5.97 Å². The van der Waals surface area contributed by atoms with Crippen LogP contribution in [0.25, 0.3) is 0 Å². The molecule has 1 aliphatic heterocycles. The van der Waals surface area contributed by atoms with Crippen LogP contribution in [0.5, 0.6) is 0 Å². The molecular formula is C17H18O3. The molecule has 1 heterocycles. The average Bonchev–Trinajstić information content (AvgIpc) is 2.72. The summed E-state index contributed by atoms with van der Waals surface area (Å²) in [6, 6.07) is 0. The second-order valence-electron chi connectivity index (χ2n) is 6.52. The van der Waals surface area contributed by atoms with Gasteiger partial charge in [0, 0.05) is 12.3 Å².